The minimum atomic E-state index is -4.95. The number of nitrogens with zero attached hydrogens (tertiary/aromatic N) is 3. The van der Waals surface area contributed by atoms with Crippen molar-refractivity contribution >= 4 is 40.6 Å². The number of amides is 3. The highest BCUT2D eigenvalue weighted by Crippen LogP contribution is 2.43. The van der Waals surface area contributed by atoms with E-state index in [1.165, 1.54) is 48.7 Å². The molecule has 3 amide bonds. The molecule has 294 valence electrons. The standard InChI is InChI=1S/C38H43F4N7O5S/c1-35(2,3)54-34(52)45-25-8-7-9-26(19-25)49-30(20-31(47-49)38(40,41)42)33(51)46-29-18-23(12-14-27(29)39)37(17-16-22-10-11-22,48-55(53)36(4,5)6)24-13-15-28(32(43)50)44-21-24/h7-9,12-15,18-22,48H,10-11,16-17H2,1-6H3,(H2,43,50)(H,45,52)(H,46,51). The van der Waals surface area contributed by atoms with Crippen LogP contribution in [-0.2, 0) is 27.8 Å². The molecule has 0 spiro atoms. The number of hydrogen-bond donors (Lipinski definition) is 4. The lowest BCUT2D eigenvalue weighted by Gasteiger charge is -2.38. The van der Waals surface area contributed by atoms with Gasteiger partial charge in [-0.1, -0.05) is 31.0 Å². The Labute approximate surface area is 318 Å². The second-order valence-corrected chi connectivity index (χ2v) is 17.3. The van der Waals surface area contributed by atoms with E-state index >= 15 is 4.39 Å². The predicted molar refractivity (Wildman–Crippen MR) is 199 cm³/mol. The lowest BCUT2D eigenvalue weighted by molar-refractivity contribution is -0.141. The van der Waals surface area contributed by atoms with E-state index < -0.39 is 68.5 Å². The van der Waals surface area contributed by atoms with E-state index in [0.717, 1.165) is 23.6 Å². The van der Waals surface area contributed by atoms with Gasteiger partial charge in [0.2, 0.25) is 0 Å². The van der Waals surface area contributed by atoms with Gasteiger partial charge in [0.05, 0.1) is 11.4 Å². The molecule has 1 saturated carbocycles. The van der Waals surface area contributed by atoms with E-state index in [1.807, 2.05) is 0 Å². The van der Waals surface area contributed by atoms with E-state index in [-0.39, 0.29) is 22.8 Å². The van der Waals surface area contributed by atoms with Crippen LogP contribution in [0.2, 0.25) is 0 Å². The molecule has 1 fully saturated rings. The molecule has 55 heavy (non-hydrogen) atoms. The number of primary amides is 1. The molecule has 12 nitrogen and oxygen atoms in total. The van der Waals surface area contributed by atoms with Crippen LogP contribution < -0.4 is 21.1 Å². The maximum atomic E-state index is 15.7. The Morgan fingerprint density at radius 3 is 2.24 bits per heavy atom. The molecular weight excluding hydrogens is 743 g/mol. The second-order valence-electron chi connectivity index (χ2n) is 15.3. The highest BCUT2D eigenvalue weighted by Gasteiger charge is 2.44. The molecule has 17 heteroatoms. The van der Waals surface area contributed by atoms with Gasteiger partial charge >= 0.3 is 12.3 Å². The summed E-state index contributed by atoms with van der Waals surface area (Å²) in [6.07, 6.45) is -1.33. The van der Waals surface area contributed by atoms with Crippen LogP contribution >= 0.6 is 0 Å². The van der Waals surface area contributed by atoms with Gasteiger partial charge in [-0.15, -0.1) is 4.72 Å². The van der Waals surface area contributed by atoms with Crippen molar-refractivity contribution in [3.8, 4) is 5.69 Å². The zero-order chi connectivity index (χ0) is 40.5. The first-order chi connectivity index (χ1) is 25.6. The van der Waals surface area contributed by atoms with Gasteiger partial charge in [-0.05, 0) is 108 Å². The highest BCUT2D eigenvalue weighted by atomic mass is 32.2. The quantitative estimate of drug-likeness (QED) is 0.0838. The topological polar surface area (TPSA) is 176 Å². The zero-order valence-corrected chi connectivity index (χ0v) is 32.0. The SMILES string of the molecule is CC(C)(C)OC(=O)Nc1cccc(-n2nc(C(F)(F)F)cc2C(=O)Nc2cc(C(CCC3CC3)(N[S+]([O-])C(C)(C)C)c3ccc(C(N)=O)nc3)ccc2F)c1. The third kappa shape index (κ3) is 10.2. The molecule has 1 aliphatic carbocycles. The number of rotatable bonds is 12. The number of carbonyl (C=O) groups excluding carboxylic acids is 3. The molecule has 2 aromatic carbocycles. The number of alkyl halides is 3. The van der Waals surface area contributed by atoms with Crippen molar-refractivity contribution in [1.82, 2.24) is 19.5 Å². The largest absolute Gasteiger partial charge is 0.598 e. The Morgan fingerprint density at radius 2 is 1.65 bits per heavy atom. The van der Waals surface area contributed by atoms with Crippen LogP contribution in [0.4, 0.5) is 33.7 Å². The number of nitrogens with two attached hydrogens (primary N) is 1. The summed E-state index contributed by atoms with van der Waals surface area (Å²) in [7, 11) is 0. The monoisotopic (exact) mass is 785 g/mol. The van der Waals surface area contributed by atoms with Crippen molar-refractivity contribution in [3.63, 3.8) is 0 Å². The third-order valence-corrected chi connectivity index (χ3v) is 10.3. The van der Waals surface area contributed by atoms with Crippen LogP contribution in [0.25, 0.3) is 5.69 Å². The molecule has 5 N–H and O–H groups in total. The summed E-state index contributed by atoms with van der Waals surface area (Å²) >= 11 is -1.71. The van der Waals surface area contributed by atoms with Gasteiger partial charge in [-0.25, -0.2) is 13.9 Å². The van der Waals surface area contributed by atoms with E-state index in [4.69, 9.17) is 10.5 Å². The number of benzene rings is 2. The molecule has 4 aromatic rings. The van der Waals surface area contributed by atoms with E-state index in [9.17, 15) is 32.1 Å². The summed E-state index contributed by atoms with van der Waals surface area (Å²) < 4.78 is 79.9. The summed E-state index contributed by atoms with van der Waals surface area (Å²) in [6.45, 7) is 10.3. The van der Waals surface area contributed by atoms with Gasteiger partial charge in [0.15, 0.2) is 5.69 Å². The number of hydrogen-bond acceptors (Lipinski definition) is 8. The van der Waals surface area contributed by atoms with E-state index in [1.54, 1.807) is 47.6 Å². The second kappa shape index (κ2) is 15.6. The number of aromatic nitrogens is 3. The molecule has 0 saturated heterocycles. The average Bonchev–Trinajstić information content (AvgIpc) is 3.80. The van der Waals surface area contributed by atoms with Gasteiger partial charge in [-0.3, -0.25) is 19.9 Å². The highest BCUT2D eigenvalue weighted by molar-refractivity contribution is 7.90. The van der Waals surface area contributed by atoms with Crippen LogP contribution in [0, 0.1) is 11.7 Å². The fourth-order valence-electron chi connectivity index (χ4n) is 5.64. The molecule has 2 atom stereocenters. The Bertz CT molecular complexity index is 2060. The van der Waals surface area contributed by atoms with Crippen molar-refractivity contribution in [2.75, 3.05) is 10.6 Å². The fourth-order valence-corrected chi connectivity index (χ4v) is 6.60. The third-order valence-electron chi connectivity index (χ3n) is 8.63. The average molecular weight is 786 g/mol. The van der Waals surface area contributed by atoms with Crippen molar-refractivity contribution in [1.29, 1.82) is 0 Å². The number of ether oxygens (including phenoxy) is 1. The molecule has 0 bridgehead atoms. The maximum absolute atomic E-state index is 15.7. The van der Waals surface area contributed by atoms with Crippen LogP contribution in [0.5, 0.6) is 0 Å². The molecule has 2 aromatic heterocycles. The van der Waals surface area contributed by atoms with Crippen molar-refractivity contribution < 1.29 is 41.2 Å². The molecule has 0 aliphatic heterocycles. The molecule has 0 radical (unpaired) electrons. The molecule has 1 aliphatic rings. The first-order valence-electron chi connectivity index (χ1n) is 17.4. The molecule has 2 unspecified atom stereocenters. The Kier molecular flexibility index (Phi) is 11.7. The summed E-state index contributed by atoms with van der Waals surface area (Å²) in [4.78, 5) is 42.3. The predicted octanol–water partition coefficient (Wildman–Crippen LogP) is 7.61. The summed E-state index contributed by atoms with van der Waals surface area (Å²) in [6, 6.07) is 13.0. The number of pyridine rings is 1. The summed E-state index contributed by atoms with van der Waals surface area (Å²) in [5, 5.41) is 8.55. The van der Waals surface area contributed by atoms with Crippen LogP contribution in [-0.4, -0.2) is 47.6 Å². The van der Waals surface area contributed by atoms with Gasteiger partial charge in [0, 0.05) is 29.3 Å². The van der Waals surface area contributed by atoms with E-state index in [2.05, 4.69) is 25.4 Å². The lowest BCUT2D eigenvalue weighted by atomic mass is 9.80. The van der Waals surface area contributed by atoms with Crippen molar-refractivity contribution in [3.05, 3.63) is 101 Å². The number of nitrogens with one attached hydrogen (secondary N) is 3. The maximum Gasteiger partial charge on any atom is 0.435 e. The van der Waals surface area contributed by atoms with Crippen molar-refractivity contribution in [2.24, 2.45) is 11.7 Å². The molecule has 5 rings (SSSR count). The number of halogens is 4. The first-order valence-corrected chi connectivity index (χ1v) is 18.6. The van der Waals surface area contributed by atoms with E-state index in [0.29, 0.717) is 36.0 Å². The smallest absolute Gasteiger partial charge is 0.435 e. The van der Waals surface area contributed by atoms with Crippen LogP contribution in [0.1, 0.15) is 105 Å². The normalized spacial score (nSPS) is 15.2. The molecule has 2 heterocycles. The zero-order valence-electron chi connectivity index (χ0n) is 31.1. The Morgan fingerprint density at radius 1 is 0.964 bits per heavy atom. The minimum Gasteiger partial charge on any atom is -0.598 e. The number of anilines is 2. The number of carbonyl (C=O) groups is 3. The van der Waals surface area contributed by atoms with Gasteiger partial charge in [0.25, 0.3) is 11.8 Å². The minimum absolute atomic E-state index is 0.00941. The fraction of sp³-hybridized carbons (Fsp3) is 0.395. The van der Waals surface area contributed by atoms with Crippen molar-refractivity contribution in [2.45, 2.75) is 89.3 Å². The van der Waals surface area contributed by atoms with Gasteiger partial charge in [-0.2, -0.15) is 18.3 Å². The summed E-state index contributed by atoms with van der Waals surface area (Å²) in [5.74, 6) is -2.40. The Balaban J connectivity index is 1.57. The van der Waals surface area contributed by atoms with Crippen LogP contribution in [0.3, 0.4) is 0 Å². The van der Waals surface area contributed by atoms with Gasteiger partial charge < -0.3 is 20.3 Å². The van der Waals surface area contributed by atoms with Crippen LogP contribution in [0.15, 0.2) is 66.9 Å². The summed E-state index contributed by atoms with van der Waals surface area (Å²) in [5.41, 5.74) is 1.89. The lowest BCUT2D eigenvalue weighted by Crippen LogP contribution is -2.52. The molecular formula is C38H43F4N7O5S. The Hall–Kier alpha value is -5.00. The first kappa shape index (κ1) is 41.2. The van der Waals surface area contributed by atoms with Gasteiger partial charge in [0.1, 0.15) is 33.1 Å².